The number of halogens is 4. The van der Waals surface area contributed by atoms with Gasteiger partial charge in [0.1, 0.15) is 0 Å². The van der Waals surface area contributed by atoms with Gasteiger partial charge in [0.2, 0.25) is 0 Å². The van der Waals surface area contributed by atoms with Gasteiger partial charge in [-0.3, -0.25) is 0 Å². The minimum atomic E-state index is -6.00. The average molecular weight is 158 g/mol. The summed E-state index contributed by atoms with van der Waals surface area (Å²) >= 11 is 0. The Morgan fingerprint density at radius 3 is 1.00 bits per heavy atom. The lowest BCUT2D eigenvalue weighted by molar-refractivity contribution is 0.368. The van der Waals surface area contributed by atoms with E-state index in [4.69, 9.17) is 0 Å². The second-order valence-electron chi connectivity index (χ2n) is 3.06. The standard InChI is InChI=1S/C5H11.BF4/c1-5(2,3)4;2-1(3,4)5/h1H2,2-4H3;/q;-1. The molecule has 0 aromatic rings. The summed E-state index contributed by atoms with van der Waals surface area (Å²) in [5.41, 5.74) is 0.250. The summed E-state index contributed by atoms with van der Waals surface area (Å²) in [5.74, 6) is 0. The quantitative estimate of drug-likeness (QED) is 0.375. The van der Waals surface area contributed by atoms with E-state index in [0.29, 0.717) is 0 Å². The SMILES string of the molecule is F[B-](F)(F)F.[CH2]C(C)(C)C. The second-order valence-corrected chi connectivity index (χ2v) is 3.06. The lowest BCUT2D eigenvalue weighted by Gasteiger charge is -2.05. The van der Waals surface area contributed by atoms with Gasteiger partial charge in [0.05, 0.1) is 0 Å². The van der Waals surface area contributed by atoms with Crippen LogP contribution >= 0.6 is 0 Å². The molecular formula is C5H11BF4-. The van der Waals surface area contributed by atoms with Gasteiger partial charge in [-0.15, -0.1) is 0 Å². The molecule has 10 heavy (non-hydrogen) atoms. The van der Waals surface area contributed by atoms with E-state index in [0.717, 1.165) is 0 Å². The van der Waals surface area contributed by atoms with E-state index in [-0.39, 0.29) is 5.41 Å². The molecule has 0 aromatic carbocycles. The summed E-state index contributed by atoms with van der Waals surface area (Å²) < 4.78 is 39.0. The van der Waals surface area contributed by atoms with Crippen molar-refractivity contribution in [3.05, 3.63) is 6.92 Å². The molecular weight excluding hydrogens is 147 g/mol. The first-order chi connectivity index (χ1) is 4.00. The molecule has 0 atom stereocenters. The highest BCUT2D eigenvalue weighted by atomic mass is 19.5. The van der Waals surface area contributed by atoms with E-state index in [1.807, 2.05) is 0 Å². The molecule has 0 aliphatic carbocycles. The summed E-state index contributed by atoms with van der Waals surface area (Å²) in [4.78, 5) is 0. The third-order valence-electron chi connectivity index (χ3n) is 0. The molecule has 5 heteroatoms. The van der Waals surface area contributed by atoms with Crippen molar-refractivity contribution >= 4 is 7.25 Å². The Bertz CT molecular complexity index is 56.6. The number of hydrogen-bond donors (Lipinski definition) is 0. The Kier molecular flexibility index (Phi) is 4.78. The average Bonchev–Trinajstić information content (AvgIpc) is 1.12. The van der Waals surface area contributed by atoms with Crippen molar-refractivity contribution in [3.8, 4) is 0 Å². The largest absolute Gasteiger partial charge is 0.673 e. The summed E-state index contributed by atoms with van der Waals surface area (Å²) in [7, 11) is -6.00. The Hall–Kier alpha value is -0.215. The molecule has 0 nitrogen and oxygen atoms in total. The molecule has 63 valence electrons. The van der Waals surface area contributed by atoms with Gasteiger partial charge in [-0.25, -0.2) is 0 Å². The molecule has 0 rings (SSSR count). The maximum atomic E-state index is 9.75. The Balaban J connectivity index is 0. The van der Waals surface area contributed by atoms with Crippen LogP contribution in [0, 0.1) is 12.3 Å². The van der Waals surface area contributed by atoms with Gasteiger partial charge in [0.15, 0.2) is 0 Å². The van der Waals surface area contributed by atoms with Gasteiger partial charge in [-0.2, -0.15) is 0 Å². The van der Waals surface area contributed by atoms with E-state index >= 15 is 0 Å². The van der Waals surface area contributed by atoms with Crippen LogP contribution in [0.1, 0.15) is 20.8 Å². The summed E-state index contributed by atoms with van der Waals surface area (Å²) in [6, 6.07) is 0. The van der Waals surface area contributed by atoms with Crippen molar-refractivity contribution in [1.29, 1.82) is 0 Å². The van der Waals surface area contributed by atoms with Gasteiger partial charge in [0, 0.05) is 0 Å². The second kappa shape index (κ2) is 3.83. The third kappa shape index (κ3) is 7750. The molecule has 0 fully saturated rings. The normalized spacial score (nSPS) is 12.0. The zero-order valence-electron chi connectivity index (χ0n) is 6.30. The smallest absolute Gasteiger partial charge is 0.418 e. The van der Waals surface area contributed by atoms with Crippen LogP contribution in [0.4, 0.5) is 17.3 Å². The maximum Gasteiger partial charge on any atom is 0.673 e. The predicted octanol–water partition coefficient (Wildman–Crippen LogP) is 3.17. The molecule has 0 amide bonds. The van der Waals surface area contributed by atoms with E-state index in [9.17, 15) is 17.3 Å². The van der Waals surface area contributed by atoms with Crippen LogP contribution in [-0.2, 0) is 0 Å². The van der Waals surface area contributed by atoms with Gasteiger partial charge in [0.25, 0.3) is 0 Å². The first-order valence-corrected chi connectivity index (χ1v) is 2.73. The first kappa shape index (κ1) is 12.5. The number of rotatable bonds is 0. The highest BCUT2D eigenvalue weighted by Gasteiger charge is 2.20. The van der Waals surface area contributed by atoms with Gasteiger partial charge in [-0.05, 0) is 12.3 Å². The number of hydrogen-bond acceptors (Lipinski definition) is 0. The van der Waals surface area contributed by atoms with E-state index in [1.54, 1.807) is 0 Å². The fourth-order valence-electron chi connectivity index (χ4n) is 0. The molecule has 0 spiro atoms. The molecule has 0 bridgehead atoms. The van der Waals surface area contributed by atoms with Crippen molar-refractivity contribution in [2.75, 3.05) is 0 Å². The summed E-state index contributed by atoms with van der Waals surface area (Å²) in [6.45, 7) is 10.0. The van der Waals surface area contributed by atoms with Crippen molar-refractivity contribution in [2.24, 2.45) is 5.41 Å². The van der Waals surface area contributed by atoms with Crippen molar-refractivity contribution < 1.29 is 17.3 Å². The van der Waals surface area contributed by atoms with Crippen LogP contribution in [-0.4, -0.2) is 7.25 Å². The first-order valence-electron chi connectivity index (χ1n) is 2.73. The summed E-state index contributed by atoms with van der Waals surface area (Å²) in [6.07, 6.45) is 0. The van der Waals surface area contributed by atoms with Gasteiger partial charge >= 0.3 is 7.25 Å². The lowest BCUT2D eigenvalue weighted by atomic mass is 10.0. The van der Waals surface area contributed by atoms with Crippen LogP contribution < -0.4 is 0 Å². The fraction of sp³-hybridized carbons (Fsp3) is 0.800. The van der Waals surface area contributed by atoms with Crippen molar-refractivity contribution in [2.45, 2.75) is 20.8 Å². The van der Waals surface area contributed by atoms with Crippen LogP contribution in [0.15, 0.2) is 0 Å². The predicted molar refractivity (Wildman–Crippen MR) is 35.0 cm³/mol. The van der Waals surface area contributed by atoms with E-state index in [2.05, 4.69) is 27.7 Å². The monoisotopic (exact) mass is 158 g/mol. The molecule has 0 aromatic heterocycles. The maximum absolute atomic E-state index is 9.75. The summed E-state index contributed by atoms with van der Waals surface area (Å²) in [5, 5.41) is 0. The van der Waals surface area contributed by atoms with Crippen LogP contribution in [0.2, 0.25) is 0 Å². The molecule has 0 N–H and O–H groups in total. The minimum absolute atomic E-state index is 0.250. The van der Waals surface area contributed by atoms with Crippen molar-refractivity contribution in [3.63, 3.8) is 0 Å². The zero-order valence-corrected chi connectivity index (χ0v) is 6.30. The van der Waals surface area contributed by atoms with Crippen LogP contribution in [0.5, 0.6) is 0 Å². The topological polar surface area (TPSA) is 0 Å². The van der Waals surface area contributed by atoms with E-state index < -0.39 is 7.25 Å². The lowest BCUT2D eigenvalue weighted by Crippen LogP contribution is -2.02. The van der Waals surface area contributed by atoms with Crippen LogP contribution in [0.3, 0.4) is 0 Å². The Labute approximate surface area is 58.7 Å². The molecule has 0 heterocycles. The third-order valence-corrected chi connectivity index (χ3v) is 0. The molecule has 0 saturated carbocycles. The fourth-order valence-corrected chi connectivity index (χ4v) is 0. The minimum Gasteiger partial charge on any atom is -0.418 e. The molecule has 1 radical (unpaired) electrons. The molecule has 0 aliphatic heterocycles. The Morgan fingerprint density at radius 1 is 1.00 bits per heavy atom. The van der Waals surface area contributed by atoms with Crippen LogP contribution in [0.25, 0.3) is 0 Å². The Morgan fingerprint density at radius 2 is 1.00 bits per heavy atom. The van der Waals surface area contributed by atoms with Gasteiger partial charge < -0.3 is 17.3 Å². The zero-order chi connectivity index (χ0) is 9.00. The van der Waals surface area contributed by atoms with Crippen molar-refractivity contribution in [1.82, 2.24) is 0 Å². The molecule has 0 aliphatic rings. The van der Waals surface area contributed by atoms with E-state index in [1.165, 1.54) is 0 Å². The van der Waals surface area contributed by atoms with Gasteiger partial charge in [-0.1, -0.05) is 20.8 Å². The molecule has 0 unspecified atom stereocenters. The highest BCUT2D eigenvalue weighted by Crippen LogP contribution is 2.07. The highest BCUT2D eigenvalue weighted by molar-refractivity contribution is 6.50. The molecule has 0 saturated heterocycles.